The molecular weight excluding hydrogens is 266 g/mol. The van der Waals surface area contributed by atoms with Crippen molar-refractivity contribution < 1.29 is 5.11 Å². The Morgan fingerprint density at radius 1 is 1.25 bits per heavy atom. The molecule has 3 heteroatoms. The molecule has 0 aliphatic carbocycles. The third-order valence-corrected chi connectivity index (χ3v) is 4.44. The van der Waals surface area contributed by atoms with Crippen LogP contribution in [0.3, 0.4) is 0 Å². The SMILES string of the molecule is CC(CC(O)Cc1nc2ccccc2s1)CC(C)(C)C. The van der Waals surface area contributed by atoms with Crippen molar-refractivity contribution in [1.29, 1.82) is 0 Å². The zero-order valence-corrected chi connectivity index (χ0v) is 13.7. The number of aliphatic hydroxyl groups excluding tert-OH is 1. The Hall–Kier alpha value is -0.930. The van der Waals surface area contributed by atoms with E-state index in [0.29, 0.717) is 17.8 Å². The van der Waals surface area contributed by atoms with Crippen LogP contribution in [0.25, 0.3) is 10.2 Å². The van der Waals surface area contributed by atoms with Crippen LogP contribution in [-0.2, 0) is 6.42 Å². The van der Waals surface area contributed by atoms with Crippen molar-refractivity contribution in [3.63, 3.8) is 0 Å². The second-order valence-corrected chi connectivity index (χ2v) is 8.15. The molecule has 20 heavy (non-hydrogen) atoms. The highest BCUT2D eigenvalue weighted by Gasteiger charge is 2.19. The van der Waals surface area contributed by atoms with Crippen LogP contribution in [0.15, 0.2) is 24.3 Å². The van der Waals surface area contributed by atoms with E-state index in [4.69, 9.17) is 0 Å². The highest BCUT2D eigenvalue weighted by molar-refractivity contribution is 7.18. The van der Waals surface area contributed by atoms with Gasteiger partial charge in [-0.05, 0) is 36.3 Å². The molecular formula is C17H25NOS. The minimum Gasteiger partial charge on any atom is -0.393 e. The van der Waals surface area contributed by atoms with Crippen LogP contribution in [0.4, 0.5) is 0 Å². The second-order valence-electron chi connectivity index (χ2n) is 7.04. The summed E-state index contributed by atoms with van der Waals surface area (Å²) >= 11 is 1.69. The van der Waals surface area contributed by atoms with E-state index < -0.39 is 0 Å². The average molecular weight is 291 g/mol. The van der Waals surface area contributed by atoms with E-state index in [1.165, 1.54) is 4.70 Å². The fourth-order valence-corrected chi connectivity index (χ4v) is 3.92. The number of thiazole rings is 1. The maximum Gasteiger partial charge on any atom is 0.0964 e. The fraction of sp³-hybridized carbons (Fsp3) is 0.588. The molecule has 0 spiro atoms. The Morgan fingerprint density at radius 3 is 2.60 bits per heavy atom. The van der Waals surface area contributed by atoms with Crippen LogP contribution in [0, 0.1) is 11.3 Å². The summed E-state index contributed by atoms with van der Waals surface area (Å²) in [5, 5.41) is 11.3. The van der Waals surface area contributed by atoms with Crippen LogP contribution in [0.1, 0.15) is 45.5 Å². The molecule has 0 radical (unpaired) electrons. The smallest absolute Gasteiger partial charge is 0.0964 e. The van der Waals surface area contributed by atoms with Gasteiger partial charge in [0.2, 0.25) is 0 Å². The second kappa shape index (κ2) is 6.23. The van der Waals surface area contributed by atoms with Gasteiger partial charge in [0.05, 0.1) is 21.3 Å². The Balaban J connectivity index is 1.92. The molecule has 1 N–H and O–H groups in total. The van der Waals surface area contributed by atoms with Crippen LogP contribution >= 0.6 is 11.3 Å². The zero-order chi connectivity index (χ0) is 14.8. The summed E-state index contributed by atoms with van der Waals surface area (Å²) < 4.78 is 1.21. The predicted molar refractivity (Wildman–Crippen MR) is 87.2 cm³/mol. The van der Waals surface area contributed by atoms with E-state index in [-0.39, 0.29) is 6.10 Å². The van der Waals surface area contributed by atoms with Crippen LogP contribution in [0.5, 0.6) is 0 Å². The average Bonchev–Trinajstić information content (AvgIpc) is 2.67. The monoisotopic (exact) mass is 291 g/mol. The minimum absolute atomic E-state index is 0.284. The van der Waals surface area contributed by atoms with Gasteiger partial charge in [-0.3, -0.25) is 0 Å². The molecule has 0 amide bonds. The lowest BCUT2D eigenvalue weighted by Crippen LogP contribution is -2.18. The molecule has 2 nitrogen and oxygen atoms in total. The number of benzene rings is 1. The van der Waals surface area contributed by atoms with E-state index >= 15 is 0 Å². The van der Waals surface area contributed by atoms with Gasteiger partial charge in [0.1, 0.15) is 0 Å². The summed E-state index contributed by atoms with van der Waals surface area (Å²) in [6.45, 7) is 8.99. The summed E-state index contributed by atoms with van der Waals surface area (Å²) in [6.07, 6.45) is 2.39. The molecule has 110 valence electrons. The van der Waals surface area contributed by atoms with Gasteiger partial charge in [0.15, 0.2) is 0 Å². The quantitative estimate of drug-likeness (QED) is 0.869. The molecule has 2 unspecified atom stereocenters. The maximum atomic E-state index is 10.3. The van der Waals surface area contributed by atoms with Gasteiger partial charge in [-0.2, -0.15) is 0 Å². The van der Waals surface area contributed by atoms with E-state index in [9.17, 15) is 5.11 Å². The van der Waals surface area contributed by atoms with Gasteiger partial charge in [-0.1, -0.05) is 39.8 Å². The summed E-state index contributed by atoms with van der Waals surface area (Å²) in [6, 6.07) is 8.16. The lowest BCUT2D eigenvalue weighted by molar-refractivity contribution is 0.133. The number of aromatic nitrogens is 1. The van der Waals surface area contributed by atoms with E-state index in [1.54, 1.807) is 11.3 Å². The number of rotatable bonds is 5. The summed E-state index contributed by atoms with van der Waals surface area (Å²) in [4.78, 5) is 4.59. The standard InChI is InChI=1S/C17H25NOS/c1-12(11-17(2,3)4)9-13(19)10-16-18-14-7-5-6-8-15(14)20-16/h5-8,12-13,19H,9-11H2,1-4H3. The highest BCUT2D eigenvalue weighted by Crippen LogP contribution is 2.28. The molecule has 1 heterocycles. The van der Waals surface area contributed by atoms with E-state index in [1.807, 2.05) is 18.2 Å². The van der Waals surface area contributed by atoms with E-state index in [0.717, 1.165) is 23.4 Å². The van der Waals surface area contributed by atoms with Crippen LogP contribution in [0.2, 0.25) is 0 Å². The van der Waals surface area contributed by atoms with Crippen molar-refractivity contribution in [3.8, 4) is 0 Å². The van der Waals surface area contributed by atoms with Gasteiger partial charge in [0.25, 0.3) is 0 Å². The minimum atomic E-state index is -0.284. The first-order chi connectivity index (χ1) is 9.33. The molecule has 1 aromatic heterocycles. The first-order valence-electron chi connectivity index (χ1n) is 7.36. The molecule has 0 aliphatic heterocycles. The number of fused-ring (bicyclic) bond motifs is 1. The molecule has 0 saturated heterocycles. The largest absolute Gasteiger partial charge is 0.393 e. The molecule has 0 aliphatic rings. The van der Waals surface area contributed by atoms with Crippen molar-refractivity contribution >= 4 is 21.6 Å². The highest BCUT2D eigenvalue weighted by atomic mass is 32.1. The Kier molecular flexibility index (Phi) is 4.82. The van der Waals surface area contributed by atoms with Gasteiger partial charge in [0, 0.05) is 6.42 Å². The number of nitrogens with zero attached hydrogens (tertiary/aromatic N) is 1. The fourth-order valence-electron chi connectivity index (χ4n) is 2.89. The normalized spacial score (nSPS) is 15.4. The number of aliphatic hydroxyl groups is 1. The molecule has 2 aromatic rings. The van der Waals surface area contributed by atoms with Crippen LogP contribution < -0.4 is 0 Å². The lowest BCUT2D eigenvalue weighted by atomic mass is 9.83. The van der Waals surface area contributed by atoms with Gasteiger partial charge >= 0.3 is 0 Å². The maximum absolute atomic E-state index is 10.3. The molecule has 2 rings (SSSR count). The predicted octanol–water partition coefficient (Wildman–Crippen LogP) is 4.66. The van der Waals surface area contributed by atoms with Crippen LogP contribution in [-0.4, -0.2) is 16.2 Å². The molecule has 0 saturated carbocycles. The first kappa shape index (κ1) is 15.5. The number of para-hydroxylation sites is 1. The van der Waals surface area contributed by atoms with E-state index in [2.05, 4.69) is 38.7 Å². The first-order valence-corrected chi connectivity index (χ1v) is 8.17. The summed E-state index contributed by atoms with van der Waals surface area (Å²) in [5.41, 5.74) is 1.37. The molecule has 1 aromatic carbocycles. The summed E-state index contributed by atoms with van der Waals surface area (Å²) in [7, 11) is 0. The third kappa shape index (κ3) is 4.57. The topological polar surface area (TPSA) is 33.1 Å². The van der Waals surface area contributed by atoms with Crippen molar-refractivity contribution in [1.82, 2.24) is 4.98 Å². The molecule has 0 bridgehead atoms. The van der Waals surface area contributed by atoms with Gasteiger partial charge in [-0.25, -0.2) is 4.98 Å². The molecule has 0 fully saturated rings. The van der Waals surface area contributed by atoms with Crippen molar-refractivity contribution in [2.75, 3.05) is 0 Å². The number of hydrogen-bond acceptors (Lipinski definition) is 3. The third-order valence-electron chi connectivity index (χ3n) is 3.38. The van der Waals surface area contributed by atoms with Crippen molar-refractivity contribution in [2.45, 2.75) is 53.1 Å². The van der Waals surface area contributed by atoms with Crippen molar-refractivity contribution in [3.05, 3.63) is 29.3 Å². The van der Waals surface area contributed by atoms with Gasteiger partial charge in [-0.15, -0.1) is 11.3 Å². The lowest BCUT2D eigenvalue weighted by Gasteiger charge is -2.24. The summed E-state index contributed by atoms with van der Waals surface area (Å²) in [5.74, 6) is 0.541. The Labute approximate surface area is 125 Å². The molecule has 2 atom stereocenters. The number of hydrogen-bond donors (Lipinski definition) is 1. The van der Waals surface area contributed by atoms with Gasteiger partial charge < -0.3 is 5.11 Å². The Bertz CT molecular complexity index is 522. The zero-order valence-electron chi connectivity index (χ0n) is 12.9. The Morgan fingerprint density at radius 2 is 1.95 bits per heavy atom. The van der Waals surface area contributed by atoms with Crippen molar-refractivity contribution in [2.24, 2.45) is 11.3 Å².